The van der Waals surface area contributed by atoms with Gasteiger partial charge in [-0.05, 0) is 38.5 Å². The molecule has 2 heteroatoms. The van der Waals surface area contributed by atoms with E-state index >= 15 is 0 Å². The molecule has 0 radical (unpaired) electrons. The third-order valence-corrected chi connectivity index (χ3v) is 3.39. The Balaban J connectivity index is 2.06. The maximum absolute atomic E-state index is 12.3. The first kappa shape index (κ1) is 15.0. The van der Waals surface area contributed by atoms with E-state index < -0.39 is 5.41 Å². The quantitative estimate of drug-likeness (QED) is 0.865. The normalized spacial score (nSPS) is 11.6. The predicted molar refractivity (Wildman–Crippen MR) is 89.1 cm³/mol. The van der Waals surface area contributed by atoms with E-state index in [1.54, 1.807) is 0 Å². The highest BCUT2D eigenvalue weighted by atomic mass is 16.2. The zero-order chi connectivity index (χ0) is 15.3. The lowest BCUT2D eigenvalue weighted by atomic mass is 9.91. The van der Waals surface area contributed by atoms with E-state index in [1.165, 1.54) is 5.56 Å². The Hall–Kier alpha value is -2.35. The molecular formula is C19H21NO. The van der Waals surface area contributed by atoms with E-state index in [2.05, 4.69) is 36.5 Å². The van der Waals surface area contributed by atoms with Crippen molar-refractivity contribution in [1.29, 1.82) is 0 Å². The van der Waals surface area contributed by atoms with Crippen LogP contribution in [0.15, 0.2) is 60.7 Å². The van der Waals surface area contributed by atoms with Gasteiger partial charge in [0.1, 0.15) is 0 Å². The second kappa shape index (κ2) is 6.40. The fourth-order valence-corrected chi connectivity index (χ4v) is 1.87. The SMILES string of the molecule is Cc1ccc(/C=C/C(C)(C)C(=O)Nc2ccccc2)cc1. The van der Waals surface area contributed by atoms with Gasteiger partial charge in [-0.25, -0.2) is 0 Å². The van der Waals surface area contributed by atoms with Crippen molar-refractivity contribution in [3.63, 3.8) is 0 Å². The Morgan fingerprint density at radius 3 is 2.24 bits per heavy atom. The standard InChI is InChI=1S/C19H21NO/c1-15-9-11-16(12-10-15)13-14-19(2,3)18(21)20-17-7-5-4-6-8-17/h4-14H,1-3H3,(H,20,21)/b14-13+. The molecule has 2 aromatic carbocycles. The Kier molecular flexibility index (Phi) is 4.59. The molecule has 1 N–H and O–H groups in total. The summed E-state index contributed by atoms with van der Waals surface area (Å²) in [6, 6.07) is 17.8. The topological polar surface area (TPSA) is 29.1 Å². The average Bonchev–Trinajstić information content (AvgIpc) is 2.48. The number of carbonyl (C=O) groups excluding carboxylic acids is 1. The first-order chi connectivity index (χ1) is 9.97. The highest BCUT2D eigenvalue weighted by Gasteiger charge is 2.24. The Morgan fingerprint density at radius 1 is 1.00 bits per heavy atom. The van der Waals surface area contributed by atoms with Crippen molar-refractivity contribution in [2.75, 3.05) is 5.32 Å². The third kappa shape index (κ3) is 4.32. The van der Waals surface area contributed by atoms with Crippen LogP contribution < -0.4 is 5.32 Å². The molecule has 0 atom stereocenters. The lowest BCUT2D eigenvalue weighted by Gasteiger charge is -2.19. The number of nitrogens with one attached hydrogen (secondary N) is 1. The van der Waals surface area contributed by atoms with Gasteiger partial charge in [-0.2, -0.15) is 0 Å². The van der Waals surface area contributed by atoms with Gasteiger partial charge in [0.15, 0.2) is 0 Å². The summed E-state index contributed by atoms with van der Waals surface area (Å²) in [4.78, 5) is 12.3. The molecule has 0 unspecified atom stereocenters. The molecular weight excluding hydrogens is 258 g/mol. The highest BCUT2D eigenvalue weighted by Crippen LogP contribution is 2.22. The van der Waals surface area contributed by atoms with Crippen molar-refractivity contribution in [3.8, 4) is 0 Å². The molecule has 108 valence electrons. The van der Waals surface area contributed by atoms with Gasteiger partial charge in [-0.1, -0.05) is 60.2 Å². The number of rotatable bonds is 4. The first-order valence-electron chi connectivity index (χ1n) is 7.10. The lowest BCUT2D eigenvalue weighted by molar-refractivity contribution is -0.121. The van der Waals surface area contributed by atoms with E-state index in [0.717, 1.165) is 11.3 Å². The molecule has 0 aromatic heterocycles. The molecule has 21 heavy (non-hydrogen) atoms. The summed E-state index contributed by atoms with van der Waals surface area (Å²) >= 11 is 0. The lowest BCUT2D eigenvalue weighted by Crippen LogP contribution is -2.28. The summed E-state index contributed by atoms with van der Waals surface area (Å²) in [5.41, 5.74) is 2.58. The van der Waals surface area contributed by atoms with Crippen LogP contribution in [0.25, 0.3) is 6.08 Å². The van der Waals surface area contributed by atoms with E-state index in [4.69, 9.17) is 0 Å². The number of carbonyl (C=O) groups is 1. The number of benzene rings is 2. The monoisotopic (exact) mass is 279 g/mol. The smallest absolute Gasteiger partial charge is 0.233 e. The Bertz CT molecular complexity index is 624. The van der Waals surface area contributed by atoms with Gasteiger partial charge in [-0.3, -0.25) is 4.79 Å². The molecule has 0 aliphatic heterocycles. The molecule has 0 aliphatic rings. The summed E-state index contributed by atoms with van der Waals surface area (Å²) in [5.74, 6) is -0.0166. The maximum atomic E-state index is 12.3. The molecule has 0 spiro atoms. The Morgan fingerprint density at radius 2 is 1.62 bits per heavy atom. The molecule has 0 saturated carbocycles. The van der Waals surface area contributed by atoms with Gasteiger partial charge in [0, 0.05) is 5.69 Å². The molecule has 0 saturated heterocycles. The number of anilines is 1. The van der Waals surface area contributed by atoms with E-state index in [-0.39, 0.29) is 5.91 Å². The zero-order valence-electron chi connectivity index (χ0n) is 12.8. The Labute approximate surface area is 126 Å². The van der Waals surface area contributed by atoms with Crippen LogP contribution in [-0.2, 0) is 4.79 Å². The molecule has 2 aromatic rings. The van der Waals surface area contributed by atoms with Crippen LogP contribution in [0.2, 0.25) is 0 Å². The summed E-state index contributed by atoms with van der Waals surface area (Å²) in [5, 5.41) is 2.94. The maximum Gasteiger partial charge on any atom is 0.233 e. The van der Waals surface area contributed by atoms with Gasteiger partial charge in [0.05, 0.1) is 5.41 Å². The summed E-state index contributed by atoms with van der Waals surface area (Å²) in [6.07, 6.45) is 3.93. The van der Waals surface area contributed by atoms with Gasteiger partial charge in [0.25, 0.3) is 0 Å². The van der Waals surface area contributed by atoms with Crippen molar-refractivity contribution in [2.24, 2.45) is 5.41 Å². The molecule has 0 heterocycles. The minimum atomic E-state index is -0.569. The van der Waals surface area contributed by atoms with Crippen LogP contribution in [0.4, 0.5) is 5.69 Å². The fourth-order valence-electron chi connectivity index (χ4n) is 1.87. The number of aryl methyl sites for hydroxylation is 1. The highest BCUT2D eigenvalue weighted by molar-refractivity contribution is 5.96. The first-order valence-corrected chi connectivity index (χ1v) is 7.10. The number of hydrogen-bond acceptors (Lipinski definition) is 1. The van der Waals surface area contributed by atoms with Crippen molar-refractivity contribution in [2.45, 2.75) is 20.8 Å². The van der Waals surface area contributed by atoms with Gasteiger partial charge in [-0.15, -0.1) is 0 Å². The molecule has 2 rings (SSSR count). The van der Waals surface area contributed by atoms with Crippen molar-refractivity contribution >= 4 is 17.7 Å². The van der Waals surface area contributed by atoms with Gasteiger partial charge in [0.2, 0.25) is 5.91 Å². The summed E-state index contributed by atoms with van der Waals surface area (Å²) < 4.78 is 0. The molecule has 1 amide bonds. The van der Waals surface area contributed by atoms with E-state index in [1.807, 2.05) is 56.3 Å². The number of amides is 1. The summed E-state index contributed by atoms with van der Waals surface area (Å²) in [7, 11) is 0. The predicted octanol–water partition coefficient (Wildman–Crippen LogP) is 4.67. The van der Waals surface area contributed by atoms with Crippen LogP contribution in [0.5, 0.6) is 0 Å². The second-order valence-electron chi connectivity index (χ2n) is 5.79. The second-order valence-corrected chi connectivity index (χ2v) is 5.79. The summed E-state index contributed by atoms with van der Waals surface area (Å²) in [6.45, 7) is 5.89. The minimum absolute atomic E-state index is 0.0166. The van der Waals surface area contributed by atoms with Crippen molar-refractivity contribution in [3.05, 3.63) is 71.8 Å². The van der Waals surface area contributed by atoms with Crippen LogP contribution in [0, 0.1) is 12.3 Å². The van der Waals surface area contributed by atoms with Gasteiger partial charge >= 0.3 is 0 Å². The molecule has 0 fully saturated rings. The third-order valence-electron chi connectivity index (χ3n) is 3.39. The minimum Gasteiger partial charge on any atom is -0.325 e. The number of para-hydroxylation sites is 1. The van der Waals surface area contributed by atoms with Crippen LogP contribution in [0.3, 0.4) is 0 Å². The van der Waals surface area contributed by atoms with E-state index in [9.17, 15) is 4.79 Å². The van der Waals surface area contributed by atoms with Crippen LogP contribution in [-0.4, -0.2) is 5.91 Å². The largest absolute Gasteiger partial charge is 0.325 e. The van der Waals surface area contributed by atoms with Gasteiger partial charge < -0.3 is 5.32 Å². The van der Waals surface area contributed by atoms with Crippen LogP contribution in [0.1, 0.15) is 25.0 Å². The molecule has 2 nitrogen and oxygen atoms in total. The fraction of sp³-hybridized carbons (Fsp3) is 0.211. The molecule has 0 bridgehead atoms. The van der Waals surface area contributed by atoms with Crippen LogP contribution >= 0.6 is 0 Å². The van der Waals surface area contributed by atoms with Crippen molar-refractivity contribution in [1.82, 2.24) is 0 Å². The zero-order valence-corrected chi connectivity index (χ0v) is 12.8. The van der Waals surface area contributed by atoms with Crippen molar-refractivity contribution < 1.29 is 4.79 Å². The average molecular weight is 279 g/mol. The molecule has 0 aliphatic carbocycles. The number of hydrogen-bond donors (Lipinski definition) is 1. The van der Waals surface area contributed by atoms with E-state index in [0.29, 0.717) is 0 Å².